The fourth-order valence-electron chi connectivity index (χ4n) is 2.43. The molecule has 0 radical (unpaired) electrons. The van der Waals surface area contributed by atoms with Crippen LogP contribution in [0, 0.1) is 12.3 Å². The van der Waals surface area contributed by atoms with Gasteiger partial charge in [0.25, 0.3) is 0 Å². The number of fused-ring (bicyclic) bond motifs is 1. The lowest BCUT2D eigenvalue weighted by Crippen LogP contribution is -2.38. The molecule has 1 aromatic carbocycles. The van der Waals surface area contributed by atoms with Crippen molar-refractivity contribution < 1.29 is 4.74 Å². The monoisotopic (exact) mass is 229 g/mol. The molecule has 2 rings (SSSR count). The molecule has 1 aromatic rings. The Morgan fingerprint density at radius 2 is 2.35 bits per heavy atom. The van der Waals surface area contributed by atoms with Gasteiger partial charge in [-0.05, 0) is 24.1 Å². The lowest BCUT2D eigenvalue weighted by molar-refractivity contribution is 0.0169. The maximum absolute atomic E-state index is 5.91. The summed E-state index contributed by atoms with van der Waals surface area (Å²) in [6.07, 6.45) is 7.24. The molecule has 1 aliphatic rings. The smallest absolute Gasteiger partial charge is 0.0989 e. The Morgan fingerprint density at radius 3 is 3.12 bits per heavy atom. The van der Waals surface area contributed by atoms with E-state index in [2.05, 4.69) is 42.4 Å². The van der Waals surface area contributed by atoms with Gasteiger partial charge in [-0.15, -0.1) is 12.3 Å². The molecule has 2 unspecified atom stereocenters. The average Bonchev–Trinajstić information content (AvgIpc) is 2.38. The maximum atomic E-state index is 5.91. The van der Waals surface area contributed by atoms with Crippen LogP contribution in [0.4, 0.5) is 0 Å². The van der Waals surface area contributed by atoms with Crippen LogP contribution in [0.1, 0.15) is 30.6 Å². The van der Waals surface area contributed by atoms with Gasteiger partial charge in [0.1, 0.15) is 0 Å². The summed E-state index contributed by atoms with van der Waals surface area (Å²) in [5, 5.41) is 3.43. The quantitative estimate of drug-likeness (QED) is 0.800. The first kappa shape index (κ1) is 12.2. The van der Waals surface area contributed by atoms with E-state index in [0.717, 1.165) is 19.6 Å². The average molecular weight is 229 g/mol. The number of rotatable bonds is 4. The predicted octanol–water partition coefficient (Wildman–Crippen LogP) is 2.30. The number of hydrogen-bond acceptors (Lipinski definition) is 2. The first-order chi connectivity index (χ1) is 8.36. The van der Waals surface area contributed by atoms with Crippen molar-refractivity contribution in [1.29, 1.82) is 0 Å². The summed E-state index contributed by atoms with van der Waals surface area (Å²) >= 11 is 0. The van der Waals surface area contributed by atoms with Crippen molar-refractivity contribution in [3.63, 3.8) is 0 Å². The third kappa shape index (κ3) is 2.69. The molecule has 0 aromatic heterocycles. The molecule has 17 heavy (non-hydrogen) atoms. The summed E-state index contributed by atoms with van der Waals surface area (Å²) in [6, 6.07) is 8.71. The minimum absolute atomic E-state index is 0.0935. The van der Waals surface area contributed by atoms with Gasteiger partial charge in [0.05, 0.1) is 12.7 Å². The van der Waals surface area contributed by atoms with Gasteiger partial charge in [-0.25, -0.2) is 0 Å². The van der Waals surface area contributed by atoms with Crippen molar-refractivity contribution in [2.24, 2.45) is 0 Å². The zero-order valence-electron chi connectivity index (χ0n) is 10.3. The largest absolute Gasteiger partial charge is 0.372 e. The highest BCUT2D eigenvalue weighted by Crippen LogP contribution is 2.30. The molecule has 1 N–H and O–H groups in total. The summed E-state index contributed by atoms with van der Waals surface area (Å²) in [7, 11) is 0. The summed E-state index contributed by atoms with van der Waals surface area (Å²) in [4.78, 5) is 0. The summed E-state index contributed by atoms with van der Waals surface area (Å²) in [5.41, 5.74) is 2.68. The van der Waals surface area contributed by atoms with Gasteiger partial charge in [0.15, 0.2) is 0 Å². The molecule has 0 bridgehead atoms. The zero-order valence-corrected chi connectivity index (χ0v) is 10.3. The Balaban J connectivity index is 2.24. The third-order valence-corrected chi connectivity index (χ3v) is 3.20. The van der Waals surface area contributed by atoms with Gasteiger partial charge in [0.2, 0.25) is 0 Å². The van der Waals surface area contributed by atoms with Gasteiger partial charge < -0.3 is 10.1 Å². The molecule has 0 amide bonds. The molecule has 0 aliphatic carbocycles. The first-order valence-electron chi connectivity index (χ1n) is 6.23. The third-order valence-electron chi connectivity index (χ3n) is 3.20. The predicted molar refractivity (Wildman–Crippen MR) is 69.8 cm³/mol. The fourth-order valence-corrected chi connectivity index (χ4v) is 2.43. The van der Waals surface area contributed by atoms with Gasteiger partial charge in [-0.2, -0.15) is 0 Å². The molecule has 0 fully saturated rings. The van der Waals surface area contributed by atoms with Crippen LogP contribution in [0.15, 0.2) is 24.3 Å². The Kier molecular flexibility index (Phi) is 4.19. The van der Waals surface area contributed by atoms with E-state index in [9.17, 15) is 0 Å². The van der Waals surface area contributed by atoms with Crippen LogP contribution in [0.3, 0.4) is 0 Å². The number of benzene rings is 1. The standard InChI is InChI=1S/C15H19NO/c1-3-7-14(16-4-2)15-13-9-6-5-8-12(13)10-11-17-15/h1,5-6,8-9,14-16H,4,7,10-11H2,2H3. The summed E-state index contributed by atoms with van der Waals surface area (Å²) < 4.78 is 5.91. The number of likely N-dealkylation sites (N-methyl/N-ethyl adjacent to an activating group) is 1. The van der Waals surface area contributed by atoms with Crippen LogP contribution in [0.25, 0.3) is 0 Å². The summed E-state index contributed by atoms with van der Waals surface area (Å²) in [5.74, 6) is 2.74. The van der Waals surface area contributed by atoms with Crippen LogP contribution >= 0.6 is 0 Å². The minimum atomic E-state index is 0.0935. The van der Waals surface area contributed by atoms with E-state index in [1.165, 1.54) is 11.1 Å². The molecule has 0 saturated heterocycles. The van der Waals surface area contributed by atoms with Crippen LogP contribution in [0.2, 0.25) is 0 Å². The molecular weight excluding hydrogens is 210 g/mol. The van der Waals surface area contributed by atoms with E-state index < -0.39 is 0 Å². The number of terminal acetylenes is 1. The van der Waals surface area contributed by atoms with Crippen molar-refractivity contribution in [2.75, 3.05) is 13.2 Å². The lowest BCUT2D eigenvalue weighted by Gasteiger charge is -2.32. The van der Waals surface area contributed by atoms with Crippen LogP contribution in [-0.4, -0.2) is 19.2 Å². The Labute approximate surface area is 103 Å². The first-order valence-corrected chi connectivity index (χ1v) is 6.23. The van der Waals surface area contributed by atoms with Crippen molar-refractivity contribution in [3.05, 3.63) is 35.4 Å². The summed E-state index contributed by atoms with van der Waals surface area (Å²) in [6.45, 7) is 3.79. The van der Waals surface area contributed by atoms with Gasteiger partial charge in [-0.1, -0.05) is 31.2 Å². The SMILES string of the molecule is C#CCC(NCC)C1OCCc2ccccc21. The van der Waals surface area contributed by atoms with E-state index in [0.29, 0.717) is 6.42 Å². The second kappa shape index (κ2) is 5.86. The molecular formula is C15H19NO. The van der Waals surface area contributed by atoms with Crippen molar-refractivity contribution in [1.82, 2.24) is 5.32 Å². The van der Waals surface area contributed by atoms with Gasteiger partial charge >= 0.3 is 0 Å². The minimum Gasteiger partial charge on any atom is -0.372 e. The lowest BCUT2D eigenvalue weighted by atomic mass is 9.92. The van der Waals surface area contributed by atoms with E-state index in [1.807, 2.05) is 0 Å². The highest BCUT2D eigenvalue weighted by Gasteiger charge is 2.27. The second-order valence-electron chi connectivity index (χ2n) is 4.31. The van der Waals surface area contributed by atoms with Crippen LogP contribution < -0.4 is 5.32 Å². The molecule has 2 heteroatoms. The van der Waals surface area contributed by atoms with E-state index in [4.69, 9.17) is 11.2 Å². The van der Waals surface area contributed by atoms with E-state index >= 15 is 0 Å². The number of ether oxygens (including phenoxy) is 1. The molecule has 2 atom stereocenters. The Hall–Kier alpha value is -1.30. The number of hydrogen-bond donors (Lipinski definition) is 1. The zero-order chi connectivity index (χ0) is 12.1. The number of nitrogens with one attached hydrogen (secondary N) is 1. The molecule has 0 spiro atoms. The Bertz CT molecular complexity index is 408. The van der Waals surface area contributed by atoms with E-state index in [-0.39, 0.29) is 12.1 Å². The van der Waals surface area contributed by atoms with Crippen molar-refractivity contribution >= 4 is 0 Å². The Morgan fingerprint density at radius 1 is 1.53 bits per heavy atom. The normalized spacial score (nSPS) is 20.4. The van der Waals surface area contributed by atoms with Crippen LogP contribution in [-0.2, 0) is 11.2 Å². The van der Waals surface area contributed by atoms with Gasteiger partial charge in [-0.3, -0.25) is 0 Å². The molecule has 0 saturated carbocycles. The maximum Gasteiger partial charge on any atom is 0.0989 e. The van der Waals surface area contributed by atoms with Crippen molar-refractivity contribution in [3.8, 4) is 12.3 Å². The fraction of sp³-hybridized carbons (Fsp3) is 0.467. The highest BCUT2D eigenvalue weighted by atomic mass is 16.5. The molecule has 90 valence electrons. The van der Waals surface area contributed by atoms with Gasteiger partial charge in [0, 0.05) is 12.5 Å². The molecule has 2 nitrogen and oxygen atoms in total. The topological polar surface area (TPSA) is 21.3 Å². The van der Waals surface area contributed by atoms with Crippen LogP contribution in [0.5, 0.6) is 0 Å². The second-order valence-corrected chi connectivity index (χ2v) is 4.31. The van der Waals surface area contributed by atoms with E-state index in [1.54, 1.807) is 0 Å². The molecule has 1 aliphatic heterocycles. The van der Waals surface area contributed by atoms with Crippen molar-refractivity contribution in [2.45, 2.75) is 31.9 Å². The highest BCUT2D eigenvalue weighted by molar-refractivity contribution is 5.32. The molecule has 1 heterocycles.